The van der Waals surface area contributed by atoms with E-state index >= 15 is 0 Å². The van der Waals surface area contributed by atoms with E-state index in [9.17, 15) is 9.59 Å². The van der Waals surface area contributed by atoms with Crippen LogP contribution in [0.4, 0.5) is 11.4 Å². The molecular formula is C24H22ClN3O3. The Hall–Kier alpha value is -3.38. The summed E-state index contributed by atoms with van der Waals surface area (Å²) in [6, 6.07) is 18.2. The van der Waals surface area contributed by atoms with Crippen molar-refractivity contribution in [2.24, 2.45) is 0 Å². The highest BCUT2D eigenvalue weighted by Gasteiger charge is 2.27. The van der Waals surface area contributed by atoms with Gasteiger partial charge >= 0.3 is 0 Å². The molecule has 1 aromatic heterocycles. The number of nitrogens with one attached hydrogen (secondary N) is 1. The van der Waals surface area contributed by atoms with E-state index < -0.39 is 0 Å². The van der Waals surface area contributed by atoms with E-state index in [-0.39, 0.29) is 18.4 Å². The zero-order chi connectivity index (χ0) is 21.6. The molecule has 0 bridgehead atoms. The van der Waals surface area contributed by atoms with Crippen LogP contribution in [-0.4, -0.2) is 36.4 Å². The minimum Gasteiger partial charge on any atom is -0.471 e. The van der Waals surface area contributed by atoms with Gasteiger partial charge in [0.2, 0.25) is 5.88 Å². The van der Waals surface area contributed by atoms with E-state index in [1.807, 2.05) is 36.4 Å². The zero-order valence-electron chi connectivity index (χ0n) is 16.8. The fourth-order valence-corrected chi connectivity index (χ4v) is 3.84. The van der Waals surface area contributed by atoms with Crippen LogP contribution in [0, 0.1) is 0 Å². The smallest absolute Gasteiger partial charge is 0.255 e. The lowest BCUT2D eigenvalue weighted by Crippen LogP contribution is -2.26. The number of para-hydroxylation sites is 1. The molecule has 2 aromatic carbocycles. The van der Waals surface area contributed by atoms with Crippen LogP contribution in [0.2, 0.25) is 5.02 Å². The molecule has 0 radical (unpaired) electrons. The largest absolute Gasteiger partial charge is 0.471 e. The predicted molar refractivity (Wildman–Crippen MR) is 121 cm³/mol. The Bertz CT molecular complexity index is 1070. The molecule has 1 aliphatic rings. The van der Waals surface area contributed by atoms with Gasteiger partial charge in [0, 0.05) is 42.5 Å². The van der Waals surface area contributed by atoms with Crippen LogP contribution in [0.1, 0.15) is 22.3 Å². The summed E-state index contributed by atoms with van der Waals surface area (Å²) in [7, 11) is 0. The van der Waals surface area contributed by atoms with E-state index in [1.54, 1.807) is 30.5 Å². The van der Waals surface area contributed by atoms with Crippen LogP contribution in [0.3, 0.4) is 0 Å². The molecule has 3 aromatic rings. The third-order valence-corrected chi connectivity index (χ3v) is 5.45. The third kappa shape index (κ3) is 5.03. The van der Waals surface area contributed by atoms with E-state index in [1.165, 1.54) is 0 Å². The van der Waals surface area contributed by atoms with Crippen molar-refractivity contribution in [3.05, 3.63) is 83.0 Å². The molecule has 31 heavy (non-hydrogen) atoms. The van der Waals surface area contributed by atoms with Gasteiger partial charge in [-0.15, -0.1) is 0 Å². The van der Waals surface area contributed by atoms with Crippen LogP contribution in [-0.2, 0) is 11.2 Å². The molecule has 1 N–H and O–H groups in total. The number of hydrogen-bond donors (Lipinski definition) is 1. The van der Waals surface area contributed by atoms with Crippen LogP contribution >= 0.6 is 11.6 Å². The van der Waals surface area contributed by atoms with Gasteiger partial charge in [0.05, 0.1) is 6.54 Å². The molecule has 1 atom stereocenters. The van der Waals surface area contributed by atoms with Gasteiger partial charge in [0.1, 0.15) is 17.4 Å². The summed E-state index contributed by atoms with van der Waals surface area (Å²) in [5.74, 6) is 0.217. The fraction of sp³-hybridized carbons (Fsp3) is 0.208. The predicted octanol–water partition coefficient (Wildman–Crippen LogP) is 4.39. The molecule has 1 fully saturated rings. The van der Waals surface area contributed by atoms with Gasteiger partial charge in [-0.05, 0) is 48.0 Å². The van der Waals surface area contributed by atoms with Crippen LogP contribution in [0.15, 0.2) is 66.9 Å². The first-order valence-electron chi connectivity index (χ1n) is 10.1. The van der Waals surface area contributed by atoms with E-state index in [0.29, 0.717) is 23.0 Å². The highest BCUT2D eigenvalue weighted by molar-refractivity contribution is 6.31. The summed E-state index contributed by atoms with van der Waals surface area (Å²) < 4.78 is 5.97. The molecule has 1 saturated heterocycles. The summed E-state index contributed by atoms with van der Waals surface area (Å²) in [5, 5.41) is 3.36. The summed E-state index contributed by atoms with van der Waals surface area (Å²) in [6.45, 7) is 1.42. The van der Waals surface area contributed by atoms with Gasteiger partial charge in [0.15, 0.2) is 0 Å². The van der Waals surface area contributed by atoms with Crippen molar-refractivity contribution in [1.82, 2.24) is 4.98 Å². The van der Waals surface area contributed by atoms with E-state index in [2.05, 4.69) is 15.2 Å². The lowest BCUT2D eigenvalue weighted by molar-refractivity contribution is -0.107. The number of amides is 1. The molecule has 6 nitrogen and oxygen atoms in total. The lowest BCUT2D eigenvalue weighted by atomic mass is 10.0. The molecule has 1 unspecified atom stereocenters. The summed E-state index contributed by atoms with van der Waals surface area (Å²) in [4.78, 5) is 30.3. The average molecular weight is 436 g/mol. The number of halogens is 1. The van der Waals surface area contributed by atoms with Crippen molar-refractivity contribution in [3.8, 4) is 5.88 Å². The minimum absolute atomic E-state index is 0.0578. The molecule has 4 rings (SSSR count). The number of anilines is 2. The Morgan fingerprint density at radius 2 is 2.03 bits per heavy atom. The Morgan fingerprint density at radius 3 is 2.81 bits per heavy atom. The van der Waals surface area contributed by atoms with E-state index in [0.717, 1.165) is 36.2 Å². The second-order valence-electron chi connectivity index (χ2n) is 7.30. The highest BCUT2D eigenvalue weighted by atomic mass is 35.5. The minimum atomic E-state index is -0.211. The fourth-order valence-electron chi connectivity index (χ4n) is 3.67. The number of carbonyl (C=O) groups excluding carboxylic acids is 2. The summed E-state index contributed by atoms with van der Waals surface area (Å²) >= 11 is 6.15. The van der Waals surface area contributed by atoms with Crippen LogP contribution in [0.5, 0.6) is 5.88 Å². The van der Waals surface area contributed by atoms with Gasteiger partial charge in [-0.25, -0.2) is 4.98 Å². The molecule has 2 heterocycles. The first-order chi connectivity index (χ1) is 15.1. The Labute approximate surface area is 185 Å². The number of ether oxygens (including phenoxy) is 1. The number of rotatable bonds is 7. The van der Waals surface area contributed by atoms with Gasteiger partial charge in [-0.3, -0.25) is 4.79 Å². The number of aldehydes is 1. The first-order valence-corrected chi connectivity index (χ1v) is 10.5. The molecule has 7 heteroatoms. The van der Waals surface area contributed by atoms with Gasteiger partial charge < -0.3 is 19.7 Å². The Morgan fingerprint density at radius 1 is 1.19 bits per heavy atom. The highest BCUT2D eigenvalue weighted by Crippen LogP contribution is 2.29. The molecule has 0 spiro atoms. The van der Waals surface area contributed by atoms with Crippen molar-refractivity contribution in [2.75, 3.05) is 23.3 Å². The maximum absolute atomic E-state index is 12.6. The second kappa shape index (κ2) is 9.62. The number of nitrogens with zero attached hydrogens (tertiary/aromatic N) is 2. The quantitative estimate of drug-likeness (QED) is 0.557. The van der Waals surface area contributed by atoms with Crippen LogP contribution in [0.25, 0.3) is 0 Å². The number of carbonyl (C=O) groups is 2. The maximum Gasteiger partial charge on any atom is 0.255 e. The standard InChI is InChI=1S/C24H22ClN3O3/c25-21-7-4-12-26-24(21)31-20-10-13-28(16-20)22-9-8-18(15-17(22)11-14-29)23(30)27-19-5-2-1-3-6-19/h1-9,12,14-15,20H,10-11,13,16H2,(H,27,30). The first kappa shape index (κ1) is 20.9. The van der Waals surface area contributed by atoms with Crippen LogP contribution < -0.4 is 15.0 Å². The number of benzene rings is 2. The zero-order valence-corrected chi connectivity index (χ0v) is 17.6. The van der Waals surface area contributed by atoms with Gasteiger partial charge in [-0.1, -0.05) is 29.8 Å². The maximum atomic E-state index is 12.6. The number of hydrogen-bond acceptors (Lipinski definition) is 5. The van der Waals surface area contributed by atoms with Gasteiger partial charge in [0.25, 0.3) is 5.91 Å². The number of pyridine rings is 1. The van der Waals surface area contributed by atoms with Crippen molar-refractivity contribution >= 4 is 35.2 Å². The Balaban J connectivity index is 1.48. The molecule has 0 aliphatic carbocycles. The summed E-state index contributed by atoms with van der Waals surface area (Å²) in [5.41, 5.74) is 2.98. The normalized spacial score (nSPS) is 15.5. The molecule has 1 amide bonds. The monoisotopic (exact) mass is 435 g/mol. The molecular weight excluding hydrogens is 414 g/mol. The molecule has 1 aliphatic heterocycles. The SMILES string of the molecule is O=CCc1cc(C(=O)Nc2ccccc2)ccc1N1CCC(Oc2ncccc2Cl)C1. The molecule has 158 valence electrons. The van der Waals surface area contributed by atoms with Crippen molar-refractivity contribution in [3.63, 3.8) is 0 Å². The van der Waals surface area contributed by atoms with Crippen molar-refractivity contribution in [1.29, 1.82) is 0 Å². The summed E-state index contributed by atoms with van der Waals surface area (Å²) in [6.07, 6.45) is 3.49. The molecule has 0 saturated carbocycles. The van der Waals surface area contributed by atoms with Gasteiger partial charge in [-0.2, -0.15) is 0 Å². The average Bonchev–Trinajstić information content (AvgIpc) is 3.24. The van der Waals surface area contributed by atoms with E-state index in [4.69, 9.17) is 16.3 Å². The number of aromatic nitrogens is 1. The second-order valence-corrected chi connectivity index (χ2v) is 7.71. The topological polar surface area (TPSA) is 71.5 Å². The lowest BCUT2D eigenvalue weighted by Gasteiger charge is -2.22. The van der Waals surface area contributed by atoms with Crippen molar-refractivity contribution < 1.29 is 14.3 Å². The third-order valence-electron chi connectivity index (χ3n) is 5.17. The van der Waals surface area contributed by atoms with Crippen molar-refractivity contribution in [2.45, 2.75) is 18.9 Å². The Kier molecular flexibility index (Phi) is 6.48.